The molecule has 4 heteroatoms. The Morgan fingerprint density at radius 3 is 2.82 bits per heavy atom. The number of pyridine rings is 1. The first-order chi connectivity index (χ1) is 4.84. The van der Waals surface area contributed by atoms with E-state index in [1.54, 1.807) is 24.5 Å². The van der Waals surface area contributed by atoms with Crippen LogP contribution in [0.15, 0.2) is 24.5 Å². The minimum absolute atomic E-state index is 0. The summed E-state index contributed by atoms with van der Waals surface area (Å²) in [5, 5.41) is 0.360. The predicted molar refractivity (Wildman–Crippen MR) is 42.4 cm³/mol. The molecule has 1 heterocycles. The van der Waals surface area contributed by atoms with Gasteiger partial charge in [-0.3, -0.25) is 9.78 Å². The maximum atomic E-state index is 10.9. The summed E-state index contributed by atoms with van der Waals surface area (Å²) in [5.74, 6) is 0.0631. The Morgan fingerprint density at radius 2 is 2.36 bits per heavy atom. The standard InChI is InChI=1S/C7H6BrNO.BrH/c8-4-7(10)6-2-1-3-9-5-6;/h1-3,5H,4H2;1H/p-1. The lowest BCUT2D eigenvalue weighted by atomic mass is 10.2. The molecule has 0 unspecified atom stereocenters. The number of alkyl halides is 1. The van der Waals surface area contributed by atoms with Gasteiger partial charge in [-0.2, -0.15) is 0 Å². The third kappa shape index (κ3) is 3.12. The van der Waals surface area contributed by atoms with Crippen LogP contribution in [0.5, 0.6) is 0 Å². The highest BCUT2D eigenvalue weighted by Gasteiger charge is 2.00. The number of hydrogen-bond donors (Lipinski definition) is 0. The fourth-order valence-corrected chi connectivity index (χ4v) is 0.929. The van der Waals surface area contributed by atoms with Crippen LogP contribution in [-0.4, -0.2) is 16.1 Å². The summed E-state index contributed by atoms with van der Waals surface area (Å²) in [7, 11) is 0. The molecule has 0 aliphatic carbocycles. The minimum atomic E-state index is 0. The van der Waals surface area contributed by atoms with Gasteiger partial charge in [-0.05, 0) is 12.1 Å². The predicted octanol–water partition coefficient (Wildman–Crippen LogP) is -1.34. The molecule has 0 aliphatic heterocycles. The molecule has 0 fully saturated rings. The van der Waals surface area contributed by atoms with Gasteiger partial charge in [0.2, 0.25) is 0 Å². The van der Waals surface area contributed by atoms with Crippen molar-refractivity contribution in [3.63, 3.8) is 0 Å². The van der Waals surface area contributed by atoms with Crippen LogP contribution in [0.4, 0.5) is 0 Å². The number of halogens is 2. The molecular formula is C7H6Br2NO-. The second kappa shape index (κ2) is 5.43. The molecular weight excluding hydrogens is 274 g/mol. The van der Waals surface area contributed by atoms with Gasteiger partial charge in [0, 0.05) is 18.0 Å². The number of rotatable bonds is 2. The number of carbonyl (C=O) groups is 1. The summed E-state index contributed by atoms with van der Waals surface area (Å²) in [6.45, 7) is 0. The summed E-state index contributed by atoms with van der Waals surface area (Å²) in [6.07, 6.45) is 3.20. The fraction of sp³-hybridized carbons (Fsp3) is 0.143. The maximum absolute atomic E-state index is 10.9. The lowest BCUT2D eigenvalue weighted by Gasteiger charge is -1.92. The van der Waals surface area contributed by atoms with E-state index in [-0.39, 0.29) is 22.8 Å². The van der Waals surface area contributed by atoms with Crippen LogP contribution in [0, 0.1) is 0 Å². The molecule has 1 rings (SSSR count). The number of hydrogen-bond acceptors (Lipinski definition) is 2. The van der Waals surface area contributed by atoms with Gasteiger partial charge in [-0.15, -0.1) is 0 Å². The second-order valence-corrected chi connectivity index (χ2v) is 2.36. The van der Waals surface area contributed by atoms with Gasteiger partial charge in [-0.25, -0.2) is 0 Å². The second-order valence-electron chi connectivity index (χ2n) is 1.80. The Bertz CT molecular complexity index is 225. The van der Waals surface area contributed by atoms with E-state index in [2.05, 4.69) is 20.9 Å². The first-order valence-corrected chi connectivity index (χ1v) is 3.96. The molecule has 0 saturated heterocycles. The van der Waals surface area contributed by atoms with Crippen LogP contribution in [-0.2, 0) is 0 Å². The molecule has 0 N–H and O–H groups in total. The van der Waals surface area contributed by atoms with E-state index in [0.29, 0.717) is 10.9 Å². The van der Waals surface area contributed by atoms with E-state index in [0.717, 1.165) is 0 Å². The van der Waals surface area contributed by atoms with Crippen molar-refractivity contribution in [1.29, 1.82) is 0 Å². The quantitative estimate of drug-likeness (QED) is 0.496. The number of nitrogens with zero attached hydrogens (tertiary/aromatic N) is 1. The van der Waals surface area contributed by atoms with E-state index >= 15 is 0 Å². The van der Waals surface area contributed by atoms with Crippen LogP contribution in [0.1, 0.15) is 10.4 Å². The Hall–Kier alpha value is -0.220. The first-order valence-electron chi connectivity index (χ1n) is 2.84. The molecule has 0 aliphatic rings. The average molecular weight is 280 g/mol. The van der Waals surface area contributed by atoms with Crippen molar-refractivity contribution in [3.8, 4) is 0 Å². The number of carbonyl (C=O) groups excluding carboxylic acids is 1. The summed E-state index contributed by atoms with van der Waals surface area (Å²) < 4.78 is 0. The van der Waals surface area contributed by atoms with Crippen LogP contribution in [0.25, 0.3) is 0 Å². The lowest BCUT2D eigenvalue weighted by molar-refractivity contribution is -0.00000979. The van der Waals surface area contributed by atoms with Gasteiger partial charge in [-0.1, -0.05) is 15.9 Å². The smallest absolute Gasteiger partial charge is 0.174 e. The Kier molecular flexibility index (Phi) is 5.32. The van der Waals surface area contributed by atoms with Crippen molar-refractivity contribution in [3.05, 3.63) is 30.1 Å². The lowest BCUT2D eigenvalue weighted by Crippen LogP contribution is -3.00. The van der Waals surface area contributed by atoms with Crippen LogP contribution in [0.3, 0.4) is 0 Å². The van der Waals surface area contributed by atoms with Crippen LogP contribution < -0.4 is 17.0 Å². The molecule has 0 aromatic carbocycles. The zero-order valence-electron chi connectivity index (χ0n) is 5.63. The van der Waals surface area contributed by atoms with Gasteiger partial charge in [0.15, 0.2) is 5.78 Å². The Labute approximate surface area is 83.9 Å². The molecule has 0 saturated carbocycles. The van der Waals surface area contributed by atoms with Gasteiger partial charge in [0.1, 0.15) is 0 Å². The first kappa shape index (κ1) is 10.8. The van der Waals surface area contributed by atoms with E-state index in [1.165, 1.54) is 0 Å². The molecule has 11 heavy (non-hydrogen) atoms. The van der Waals surface area contributed by atoms with Gasteiger partial charge >= 0.3 is 0 Å². The normalized spacial score (nSPS) is 8.45. The highest BCUT2D eigenvalue weighted by atomic mass is 79.9. The molecule has 0 spiro atoms. The molecule has 0 radical (unpaired) electrons. The van der Waals surface area contributed by atoms with Crippen molar-refractivity contribution < 1.29 is 21.8 Å². The SMILES string of the molecule is O=C(CBr)c1cccnc1.[Br-]. The maximum Gasteiger partial charge on any atom is 0.174 e. The van der Waals surface area contributed by atoms with E-state index < -0.39 is 0 Å². The van der Waals surface area contributed by atoms with E-state index in [4.69, 9.17) is 0 Å². The molecule has 1 aromatic rings. The van der Waals surface area contributed by atoms with Crippen molar-refractivity contribution >= 4 is 21.7 Å². The number of ketones is 1. The molecule has 0 atom stereocenters. The summed E-state index contributed by atoms with van der Waals surface area (Å²) in [4.78, 5) is 14.7. The topological polar surface area (TPSA) is 30.0 Å². The molecule has 2 nitrogen and oxygen atoms in total. The van der Waals surface area contributed by atoms with E-state index in [1.807, 2.05) is 0 Å². The summed E-state index contributed by atoms with van der Waals surface area (Å²) in [6, 6.07) is 3.49. The van der Waals surface area contributed by atoms with Gasteiger partial charge < -0.3 is 17.0 Å². The Morgan fingerprint density at radius 1 is 1.64 bits per heavy atom. The molecule has 0 amide bonds. The van der Waals surface area contributed by atoms with Crippen molar-refractivity contribution in [1.82, 2.24) is 4.98 Å². The highest BCUT2D eigenvalue weighted by Crippen LogP contribution is 1.98. The van der Waals surface area contributed by atoms with Crippen LogP contribution >= 0.6 is 15.9 Å². The summed E-state index contributed by atoms with van der Waals surface area (Å²) in [5.41, 5.74) is 0.652. The monoisotopic (exact) mass is 278 g/mol. The van der Waals surface area contributed by atoms with E-state index in [9.17, 15) is 4.79 Å². The minimum Gasteiger partial charge on any atom is -1.00 e. The zero-order valence-corrected chi connectivity index (χ0v) is 8.80. The third-order valence-electron chi connectivity index (χ3n) is 1.10. The van der Waals surface area contributed by atoms with Crippen molar-refractivity contribution in [2.24, 2.45) is 0 Å². The molecule has 60 valence electrons. The molecule has 1 aromatic heterocycles. The number of Topliss-reactive ketones (excluding diaryl/α,β-unsaturated/α-hetero) is 1. The average Bonchev–Trinajstić information content (AvgIpc) is 2.05. The third-order valence-corrected chi connectivity index (χ3v) is 1.61. The van der Waals surface area contributed by atoms with Crippen molar-refractivity contribution in [2.75, 3.05) is 5.33 Å². The largest absolute Gasteiger partial charge is 1.00 e. The molecule has 0 bridgehead atoms. The van der Waals surface area contributed by atoms with Crippen molar-refractivity contribution in [2.45, 2.75) is 0 Å². The van der Waals surface area contributed by atoms with Gasteiger partial charge in [0.25, 0.3) is 0 Å². The highest BCUT2D eigenvalue weighted by molar-refractivity contribution is 9.09. The Balaban J connectivity index is 0.000001000. The zero-order chi connectivity index (χ0) is 7.40. The fourth-order valence-electron chi connectivity index (χ4n) is 0.605. The van der Waals surface area contributed by atoms with Crippen LogP contribution in [0.2, 0.25) is 0 Å². The van der Waals surface area contributed by atoms with Gasteiger partial charge in [0.05, 0.1) is 5.33 Å². The number of aromatic nitrogens is 1. The summed E-state index contributed by atoms with van der Waals surface area (Å²) >= 11 is 3.07.